The molecule has 0 spiro atoms. The minimum absolute atomic E-state index is 0.395. The number of rotatable bonds is 10. The summed E-state index contributed by atoms with van der Waals surface area (Å²) in [7, 11) is 1.64. The van der Waals surface area contributed by atoms with Gasteiger partial charge < -0.3 is 19.3 Å². The molecule has 0 aliphatic rings. The second-order valence-electron chi connectivity index (χ2n) is 7.39. The lowest BCUT2D eigenvalue weighted by Gasteiger charge is -2.24. The van der Waals surface area contributed by atoms with Gasteiger partial charge in [-0.15, -0.1) is 0 Å². The fourth-order valence-corrected chi connectivity index (χ4v) is 3.38. The van der Waals surface area contributed by atoms with Crippen molar-refractivity contribution in [2.75, 3.05) is 26.8 Å². The lowest BCUT2D eigenvalue weighted by atomic mass is 10.1. The maximum Gasteiger partial charge on any atom is 0.126 e. The lowest BCUT2D eigenvalue weighted by Crippen LogP contribution is -3.12. The molecule has 1 heterocycles. The summed E-state index contributed by atoms with van der Waals surface area (Å²) >= 11 is 0. The molecule has 4 heteroatoms. The Labute approximate surface area is 152 Å². The van der Waals surface area contributed by atoms with Crippen LogP contribution >= 0.6 is 0 Å². The molecule has 0 fully saturated rings. The molecule has 2 atom stereocenters. The van der Waals surface area contributed by atoms with Crippen LogP contribution in [-0.2, 0) is 17.8 Å². The molecule has 0 saturated carbocycles. The van der Waals surface area contributed by atoms with Crippen molar-refractivity contribution in [3.63, 3.8) is 0 Å². The molecule has 0 aliphatic heterocycles. The van der Waals surface area contributed by atoms with Crippen LogP contribution in [-0.4, -0.2) is 42.6 Å². The number of aliphatic hydroxyl groups is 1. The monoisotopic (exact) mass is 345 g/mol. The molecule has 2 N–H and O–H groups in total. The highest BCUT2D eigenvalue weighted by atomic mass is 16.5. The Morgan fingerprint density at radius 3 is 2.56 bits per heavy atom. The third-order valence-corrected chi connectivity index (χ3v) is 4.54. The Hall–Kier alpha value is -1.62. The summed E-state index contributed by atoms with van der Waals surface area (Å²) in [6, 6.07) is 12.9. The van der Waals surface area contributed by atoms with Crippen LogP contribution in [0.25, 0.3) is 0 Å². The normalized spacial score (nSPS) is 14.0. The van der Waals surface area contributed by atoms with Gasteiger partial charge in [-0.25, -0.2) is 0 Å². The van der Waals surface area contributed by atoms with Crippen molar-refractivity contribution >= 4 is 0 Å². The molecule has 0 radical (unpaired) electrons. The molecule has 1 aromatic heterocycles. The number of ether oxygens (including phenoxy) is 1. The quantitative estimate of drug-likeness (QED) is 0.690. The number of benzene rings is 1. The van der Waals surface area contributed by atoms with Crippen LogP contribution < -0.4 is 4.90 Å². The zero-order valence-corrected chi connectivity index (χ0v) is 16.0. The molecule has 0 saturated heterocycles. The number of hydrogen-bond acceptors (Lipinski definition) is 2. The van der Waals surface area contributed by atoms with Crippen molar-refractivity contribution in [1.82, 2.24) is 4.57 Å². The van der Waals surface area contributed by atoms with Crippen molar-refractivity contribution in [2.45, 2.75) is 40.0 Å². The van der Waals surface area contributed by atoms with Crippen LogP contribution in [0.15, 0.2) is 42.6 Å². The van der Waals surface area contributed by atoms with Crippen molar-refractivity contribution in [3.05, 3.63) is 59.4 Å². The van der Waals surface area contributed by atoms with Crippen LogP contribution in [0, 0.1) is 12.8 Å². The van der Waals surface area contributed by atoms with E-state index in [1.807, 2.05) is 0 Å². The summed E-state index contributed by atoms with van der Waals surface area (Å²) in [6.07, 6.45) is 1.74. The number of nitrogens with zero attached hydrogens (tertiary/aromatic N) is 1. The maximum atomic E-state index is 10.1. The van der Waals surface area contributed by atoms with Gasteiger partial charge >= 0.3 is 0 Å². The summed E-state index contributed by atoms with van der Waals surface area (Å²) in [6.45, 7) is 10.6. The van der Waals surface area contributed by atoms with Gasteiger partial charge in [0.2, 0.25) is 0 Å². The third kappa shape index (κ3) is 6.31. The minimum atomic E-state index is -0.418. The second kappa shape index (κ2) is 9.76. The number of aromatic nitrogens is 1. The van der Waals surface area contributed by atoms with Crippen LogP contribution in [0.1, 0.15) is 30.7 Å². The summed E-state index contributed by atoms with van der Waals surface area (Å²) < 4.78 is 7.42. The summed E-state index contributed by atoms with van der Waals surface area (Å²) in [5.74, 6) is 0.588. The van der Waals surface area contributed by atoms with E-state index >= 15 is 0 Å². The molecule has 2 aromatic rings. The fourth-order valence-electron chi connectivity index (χ4n) is 3.38. The van der Waals surface area contributed by atoms with Gasteiger partial charge in [-0.3, -0.25) is 0 Å². The molecule has 138 valence electrons. The number of quaternary nitrogens is 1. The van der Waals surface area contributed by atoms with Crippen molar-refractivity contribution in [3.8, 4) is 0 Å². The molecule has 0 amide bonds. The van der Waals surface area contributed by atoms with Gasteiger partial charge in [0, 0.05) is 25.8 Å². The number of aliphatic hydroxyl groups excluding tert-OH is 1. The molecule has 1 aromatic carbocycles. The summed E-state index contributed by atoms with van der Waals surface area (Å²) in [5.41, 5.74) is 3.98. The largest absolute Gasteiger partial charge is 0.385 e. The first kappa shape index (κ1) is 19.7. The molecule has 0 aliphatic carbocycles. The van der Waals surface area contributed by atoms with Gasteiger partial charge in [-0.05, 0) is 30.2 Å². The molecule has 25 heavy (non-hydrogen) atoms. The van der Waals surface area contributed by atoms with E-state index < -0.39 is 6.10 Å². The fraction of sp³-hybridized carbons (Fsp3) is 0.524. The SMILES string of the molecule is COC[C@H](O)C[NH+](Cc1cccn1Cc1ccccc1C)CC(C)C. The highest BCUT2D eigenvalue weighted by molar-refractivity contribution is 5.26. The minimum Gasteiger partial charge on any atom is -0.385 e. The van der Waals surface area contributed by atoms with Gasteiger partial charge in [0.25, 0.3) is 0 Å². The first-order valence-electron chi connectivity index (χ1n) is 9.18. The second-order valence-corrected chi connectivity index (χ2v) is 7.39. The Bertz CT molecular complexity index is 636. The molecular formula is C21H33N2O2+. The standard InChI is InChI=1S/C21H32N2O2/c1-17(2)12-22(15-21(24)16-25-4)14-20-10-7-11-23(20)13-19-9-6-5-8-18(19)3/h5-11,17,21,24H,12-16H2,1-4H3/p+1/t21-/m1/s1. The number of methoxy groups -OCH3 is 1. The van der Waals surface area contributed by atoms with Crippen LogP contribution in [0.5, 0.6) is 0 Å². The van der Waals surface area contributed by atoms with Crippen molar-refractivity contribution < 1.29 is 14.7 Å². The van der Waals surface area contributed by atoms with E-state index in [4.69, 9.17) is 4.74 Å². The van der Waals surface area contributed by atoms with E-state index in [2.05, 4.69) is 67.9 Å². The van der Waals surface area contributed by atoms with Gasteiger partial charge in [-0.1, -0.05) is 38.1 Å². The van der Waals surface area contributed by atoms with Crippen molar-refractivity contribution in [2.24, 2.45) is 5.92 Å². The van der Waals surface area contributed by atoms with Crippen LogP contribution in [0.4, 0.5) is 0 Å². The number of nitrogens with one attached hydrogen (secondary N) is 1. The topological polar surface area (TPSA) is 38.8 Å². The Morgan fingerprint density at radius 2 is 1.88 bits per heavy atom. The summed E-state index contributed by atoms with van der Waals surface area (Å²) in [4.78, 5) is 1.39. The average molecular weight is 346 g/mol. The van der Waals surface area contributed by atoms with Crippen LogP contribution in [0.2, 0.25) is 0 Å². The van der Waals surface area contributed by atoms with E-state index in [0.29, 0.717) is 19.1 Å². The van der Waals surface area contributed by atoms with E-state index in [1.165, 1.54) is 21.7 Å². The smallest absolute Gasteiger partial charge is 0.126 e. The van der Waals surface area contributed by atoms with Crippen molar-refractivity contribution in [1.29, 1.82) is 0 Å². The lowest BCUT2D eigenvalue weighted by molar-refractivity contribution is -0.920. The average Bonchev–Trinajstić information content (AvgIpc) is 2.96. The van der Waals surface area contributed by atoms with E-state index in [1.54, 1.807) is 7.11 Å². The van der Waals surface area contributed by atoms with E-state index in [-0.39, 0.29) is 0 Å². The number of aryl methyl sites for hydroxylation is 1. The van der Waals surface area contributed by atoms with E-state index in [9.17, 15) is 5.11 Å². The first-order valence-corrected chi connectivity index (χ1v) is 9.18. The maximum absolute atomic E-state index is 10.1. The molecular weight excluding hydrogens is 312 g/mol. The summed E-state index contributed by atoms with van der Waals surface area (Å²) in [5, 5.41) is 10.1. The first-order chi connectivity index (χ1) is 12.0. The molecule has 2 rings (SSSR count). The number of hydrogen-bond donors (Lipinski definition) is 2. The zero-order chi connectivity index (χ0) is 18.2. The van der Waals surface area contributed by atoms with Gasteiger partial charge in [-0.2, -0.15) is 0 Å². The zero-order valence-electron chi connectivity index (χ0n) is 16.0. The van der Waals surface area contributed by atoms with E-state index in [0.717, 1.165) is 19.6 Å². The Balaban J connectivity index is 2.09. The highest BCUT2D eigenvalue weighted by Gasteiger charge is 2.18. The third-order valence-electron chi connectivity index (χ3n) is 4.54. The predicted octanol–water partition coefficient (Wildman–Crippen LogP) is 1.89. The Morgan fingerprint density at radius 1 is 1.12 bits per heavy atom. The highest BCUT2D eigenvalue weighted by Crippen LogP contribution is 2.11. The molecule has 0 bridgehead atoms. The molecule has 1 unspecified atom stereocenters. The molecule has 4 nitrogen and oxygen atoms in total. The van der Waals surface area contributed by atoms with Crippen LogP contribution in [0.3, 0.4) is 0 Å². The predicted molar refractivity (Wildman–Crippen MR) is 102 cm³/mol. The van der Waals surface area contributed by atoms with Gasteiger partial charge in [0.05, 0.1) is 18.8 Å². The Kier molecular flexibility index (Phi) is 7.69. The van der Waals surface area contributed by atoms with Gasteiger partial charge in [0.1, 0.15) is 19.2 Å². The van der Waals surface area contributed by atoms with Gasteiger partial charge in [0.15, 0.2) is 0 Å².